The molecule has 0 amide bonds. The highest BCUT2D eigenvalue weighted by Gasteiger charge is 2.02. The largest absolute Gasteiger partial charge is 0.481 e. The SMILES string of the molecule is CCCCC(C=O)CC.CCCCC(C=O)CC.O=C(O)CCCCCCCCC(=O)O. The van der Waals surface area contributed by atoms with Crippen molar-refractivity contribution in [2.24, 2.45) is 11.8 Å². The normalized spacial score (nSPS) is 11.8. The average Bonchev–Trinajstić information content (AvgIpc) is 2.77. The summed E-state index contributed by atoms with van der Waals surface area (Å²) in [5.74, 6) is -0.832. The summed E-state index contributed by atoms with van der Waals surface area (Å²) < 4.78 is 0. The minimum absolute atomic E-state index is 0.245. The molecule has 32 heavy (non-hydrogen) atoms. The third kappa shape index (κ3) is 32.9. The first-order valence-electron chi connectivity index (χ1n) is 12.7. The maximum atomic E-state index is 10.2. The number of aldehydes is 2. The summed E-state index contributed by atoms with van der Waals surface area (Å²) in [6.45, 7) is 8.43. The van der Waals surface area contributed by atoms with Crippen molar-refractivity contribution in [2.45, 2.75) is 130 Å². The molecule has 0 rings (SSSR count). The van der Waals surface area contributed by atoms with E-state index in [1.165, 1.54) is 25.7 Å². The van der Waals surface area contributed by atoms with Gasteiger partial charge in [-0.2, -0.15) is 0 Å². The van der Waals surface area contributed by atoms with Crippen molar-refractivity contribution in [1.82, 2.24) is 0 Å². The van der Waals surface area contributed by atoms with Gasteiger partial charge in [0.2, 0.25) is 0 Å². The highest BCUT2D eigenvalue weighted by atomic mass is 16.4. The van der Waals surface area contributed by atoms with Crippen LogP contribution in [0.15, 0.2) is 0 Å². The van der Waals surface area contributed by atoms with E-state index in [-0.39, 0.29) is 12.8 Å². The second kappa shape index (κ2) is 29.3. The smallest absolute Gasteiger partial charge is 0.303 e. The van der Waals surface area contributed by atoms with Crippen LogP contribution in [0.2, 0.25) is 0 Å². The quantitative estimate of drug-likeness (QED) is 0.158. The number of hydrogen-bond acceptors (Lipinski definition) is 4. The topological polar surface area (TPSA) is 109 Å². The second-order valence-electron chi connectivity index (χ2n) is 8.30. The molecule has 0 fully saturated rings. The lowest BCUT2D eigenvalue weighted by atomic mass is 10.0. The number of rotatable bonds is 19. The van der Waals surface area contributed by atoms with Crippen LogP contribution >= 0.6 is 0 Å². The zero-order valence-corrected chi connectivity index (χ0v) is 21.2. The van der Waals surface area contributed by atoms with Crippen LogP contribution in [0.25, 0.3) is 0 Å². The molecule has 0 aromatic heterocycles. The van der Waals surface area contributed by atoms with Gasteiger partial charge < -0.3 is 19.8 Å². The summed E-state index contributed by atoms with van der Waals surface area (Å²) >= 11 is 0. The fourth-order valence-corrected chi connectivity index (χ4v) is 2.93. The van der Waals surface area contributed by atoms with Crippen LogP contribution in [0.5, 0.6) is 0 Å². The molecule has 0 saturated carbocycles. The lowest BCUT2D eigenvalue weighted by Gasteiger charge is -2.03. The molecule has 6 heteroatoms. The molecule has 2 N–H and O–H groups in total. The van der Waals surface area contributed by atoms with E-state index in [1.54, 1.807) is 0 Å². The molecule has 2 atom stereocenters. The number of aliphatic carboxylic acids is 2. The van der Waals surface area contributed by atoms with Crippen LogP contribution in [-0.2, 0) is 19.2 Å². The molecular weight excluding hydrogens is 408 g/mol. The number of carboxylic acid groups (broad SMARTS) is 2. The maximum Gasteiger partial charge on any atom is 0.303 e. The van der Waals surface area contributed by atoms with Crippen LogP contribution in [0.4, 0.5) is 0 Å². The third-order valence-corrected chi connectivity index (χ3v) is 5.32. The van der Waals surface area contributed by atoms with Gasteiger partial charge in [-0.15, -0.1) is 0 Å². The summed E-state index contributed by atoms with van der Waals surface area (Å²) in [5.41, 5.74) is 0. The number of hydrogen-bond donors (Lipinski definition) is 2. The Balaban J connectivity index is -0.000000411. The molecule has 0 heterocycles. The van der Waals surface area contributed by atoms with Gasteiger partial charge in [0, 0.05) is 24.7 Å². The fraction of sp³-hybridized carbons (Fsp3) is 0.846. The Morgan fingerprint density at radius 2 is 0.906 bits per heavy atom. The molecule has 0 aliphatic rings. The summed E-state index contributed by atoms with van der Waals surface area (Å²) in [5, 5.41) is 16.7. The molecular formula is C26H50O6. The maximum absolute atomic E-state index is 10.2. The Hall–Kier alpha value is -1.72. The average molecular weight is 459 g/mol. The van der Waals surface area contributed by atoms with Crippen molar-refractivity contribution < 1.29 is 29.4 Å². The van der Waals surface area contributed by atoms with Crippen LogP contribution < -0.4 is 0 Å². The van der Waals surface area contributed by atoms with E-state index in [2.05, 4.69) is 27.7 Å². The van der Waals surface area contributed by atoms with Crippen molar-refractivity contribution in [2.75, 3.05) is 0 Å². The van der Waals surface area contributed by atoms with E-state index in [1.807, 2.05) is 0 Å². The molecule has 0 spiro atoms. The first kappa shape index (κ1) is 34.9. The minimum atomic E-state index is -0.740. The van der Waals surface area contributed by atoms with E-state index >= 15 is 0 Å². The zero-order valence-electron chi connectivity index (χ0n) is 21.2. The van der Waals surface area contributed by atoms with Gasteiger partial charge in [0.05, 0.1) is 0 Å². The molecule has 0 radical (unpaired) electrons. The Kier molecular flexibility index (Phi) is 31.9. The first-order chi connectivity index (χ1) is 15.3. The molecule has 190 valence electrons. The van der Waals surface area contributed by atoms with Crippen molar-refractivity contribution in [1.29, 1.82) is 0 Å². The molecule has 0 bridgehead atoms. The predicted octanol–water partition coefficient (Wildman–Crippen LogP) is 7.08. The van der Waals surface area contributed by atoms with Crippen LogP contribution in [0.3, 0.4) is 0 Å². The van der Waals surface area contributed by atoms with Gasteiger partial charge in [0.25, 0.3) is 0 Å². The van der Waals surface area contributed by atoms with Crippen molar-refractivity contribution >= 4 is 24.5 Å². The van der Waals surface area contributed by atoms with Crippen molar-refractivity contribution in [3.8, 4) is 0 Å². The lowest BCUT2D eigenvalue weighted by molar-refractivity contribution is -0.138. The third-order valence-electron chi connectivity index (χ3n) is 5.32. The van der Waals surface area contributed by atoms with Gasteiger partial charge in [-0.1, -0.05) is 79.1 Å². The first-order valence-corrected chi connectivity index (χ1v) is 12.7. The highest BCUT2D eigenvalue weighted by Crippen LogP contribution is 2.10. The molecule has 0 aromatic rings. The molecule has 2 unspecified atom stereocenters. The Bertz CT molecular complexity index is 396. The summed E-state index contributed by atoms with van der Waals surface area (Å²) in [7, 11) is 0. The molecule has 0 aliphatic heterocycles. The lowest BCUT2D eigenvalue weighted by Crippen LogP contribution is -1.98. The van der Waals surface area contributed by atoms with E-state index in [4.69, 9.17) is 10.2 Å². The van der Waals surface area contributed by atoms with Crippen molar-refractivity contribution in [3.05, 3.63) is 0 Å². The highest BCUT2D eigenvalue weighted by molar-refractivity contribution is 5.66. The molecule has 0 saturated heterocycles. The van der Waals surface area contributed by atoms with Crippen LogP contribution in [-0.4, -0.2) is 34.7 Å². The fourth-order valence-electron chi connectivity index (χ4n) is 2.93. The standard InChI is InChI=1S/C10H18O4.2C8H16O/c11-9(12)7-5-3-1-2-4-6-8-10(13)14;2*1-3-5-6-8(4-2)7-9/h1-8H2,(H,11,12)(H,13,14);2*7-8H,3-6H2,1-2H3. The number of unbranched alkanes of at least 4 members (excludes halogenated alkanes) is 7. The van der Waals surface area contributed by atoms with E-state index in [0.29, 0.717) is 11.8 Å². The van der Waals surface area contributed by atoms with Crippen molar-refractivity contribution in [3.63, 3.8) is 0 Å². The monoisotopic (exact) mass is 458 g/mol. The number of carbonyl (C=O) groups excluding carboxylic acids is 2. The van der Waals surface area contributed by atoms with Gasteiger partial charge in [0.15, 0.2) is 0 Å². The Labute approximate surface area is 196 Å². The van der Waals surface area contributed by atoms with Gasteiger partial charge in [-0.25, -0.2) is 0 Å². The summed E-state index contributed by atoms with van der Waals surface area (Å²) in [4.78, 5) is 40.8. The van der Waals surface area contributed by atoms with Gasteiger partial charge in [0.1, 0.15) is 12.6 Å². The van der Waals surface area contributed by atoms with E-state index in [9.17, 15) is 19.2 Å². The molecule has 0 aliphatic carbocycles. The minimum Gasteiger partial charge on any atom is -0.481 e. The van der Waals surface area contributed by atoms with Gasteiger partial charge >= 0.3 is 11.9 Å². The number of carbonyl (C=O) groups is 4. The van der Waals surface area contributed by atoms with E-state index < -0.39 is 11.9 Å². The van der Waals surface area contributed by atoms with Crippen LogP contribution in [0, 0.1) is 11.8 Å². The van der Waals surface area contributed by atoms with Gasteiger partial charge in [-0.05, 0) is 38.5 Å². The Morgan fingerprint density at radius 1 is 0.594 bits per heavy atom. The summed E-state index contributed by atoms with van der Waals surface area (Å²) in [6.07, 6.45) is 16.9. The van der Waals surface area contributed by atoms with Gasteiger partial charge in [-0.3, -0.25) is 9.59 Å². The van der Waals surface area contributed by atoms with E-state index in [0.717, 1.165) is 76.8 Å². The zero-order chi connectivity index (χ0) is 25.0. The number of carboxylic acids is 2. The molecule has 6 nitrogen and oxygen atoms in total. The molecule has 0 aromatic carbocycles. The summed E-state index contributed by atoms with van der Waals surface area (Å²) in [6, 6.07) is 0. The van der Waals surface area contributed by atoms with Crippen LogP contribution in [0.1, 0.15) is 130 Å². The Morgan fingerprint density at radius 3 is 1.12 bits per heavy atom. The second-order valence-corrected chi connectivity index (χ2v) is 8.30. The predicted molar refractivity (Wildman–Crippen MR) is 131 cm³/mol.